The van der Waals surface area contributed by atoms with Crippen molar-refractivity contribution in [2.45, 2.75) is 378 Å². The summed E-state index contributed by atoms with van der Waals surface area (Å²) in [6.45, 7) is 3.68. The number of amides is 1. The maximum atomic E-state index is 13.2. The highest BCUT2D eigenvalue weighted by atomic mass is 16.7. The molecule has 91 heavy (non-hydrogen) atoms. The quantitative estimate of drug-likeness (QED) is 0.0261. The van der Waals surface area contributed by atoms with Crippen molar-refractivity contribution in [2.75, 3.05) is 13.2 Å². The molecule has 1 rings (SSSR count). The molecule has 1 aliphatic heterocycles. The molecule has 1 saturated heterocycles. The van der Waals surface area contributed by atoms with Crippen molar-refractivity contribution in [1.29, 1.82) is 0 Å². The van der Waals surface area contributed by atoms with Crippen molar-refractivity contribution in [1.82, 2.24) is 5.32 Å². The average molecular weight is 1270 g/mol. The van der Waals surface area contributed by atoms with Crippen LogP contribution in [-0.4, -0.2) is 87.5 Å². The van der Waals surface area contributed by atoms with Crippen molar-refractivity contribution in [2.24, 2.45) is 0 Å². The fraction of sp³-hybridized carbons (Fsp3) is 0.744. The lowest BCUT2D eigenvalue weighted by atomic mass is 9.99. The zero-order chi connectivity index (χ0) is 65.7. The number of ether oxygens (including phenoxy) is 2. The Bertz CT molecular complexity index is 1860. The van der Waals surface area contributed by atoms with Gasteiger partial charge in [0.2, 0.25) is 5.91 Å². The predicted molar refractivity (Wildman–Crippen MR) is 391 cm³/mol. The van der Waals surface area contributed by atoms with Crippen LogP contribution < -0.4 is 5.32 Å². The normalized spacial score (nSPS) is 18.4. The first kappa shape index (κ1) is 85.6. The molecule has 7 atom stereocenters. The molecule has 6 N–H and O–H groups in total. The Kier molecular flexibility index (Phi) is 65.3. The molecule has 0 aromatic carbocycles. The molecule has 9 heteroatoms. The van der Waals surface area contributed by atoms with Gasteiger partial charge in [-0.05, 0) is 103 Å². The molecule has 1 amide bonds. The monoisotopic (exact) mass is 1270 g/mol. The third-order valence-corrected chi connectivity index (χ3v) is 17.5. The van der Waals surface area contributed by atoms with Gasteiger partial charge in [0.1, 0.15) is 24.4 Å². The lowest BCUT2D eigenvalue weighted by Gasteiger charge is -2.40. The maximum Gasteiger partial charge on any atom is 0.220 e. The van der Waals surface area contributed by atoms with Crippen LogP contribution in [0.5, 0.6) is 0 Å². The summed E-state index contributed by atoms with van der Waals surface area (Å²) in [4.78, 5) is 13.2. The molecule has 9 nitrogen and oxygen atoms in total. The first-order valence-corrected chi connectivity index (χ1v) is 38.3. The van der Waals surface area contributed by atoms with Crippen LogP contribution in [0.15, 0.2) is 122 Å². The molecule has 1 fully saturated rings. The summed E-state index contributed by atoms with van der Waals surface area (Å²) in [5.74, 6) is -0.190. The largest absolute Gasteiger partial charge is 0.394 e. The molecular weight excluding hydrogens is 1130 g/mol. The molecular formula is C82H143NO8. The summed E-state index contributed by atoms with van der Waals surface area (Å²) in [7, 11) is 0. The number of hydrogen-bond acceptors (Lipinski definition) is 8. The zero-order valence-electron chi connectivity index (χ0n) is 58.8. The first-order chi connectivity index (χ1) is 44.8. The maximum absolute atomic E-state index is 13.2. The van der Waals surface area contributed by atoms with Crippen molar-refractivity contribution in [3.8, 4) is 0 Å². The van der Waals surface area contributed by atoms with E-state index in [1.807, 2.05) is 6.08 Å². The van der Waals surface area contributed by atoms with Crippen LogP contribution in [0.3, 0.4) is 0 Å². The van der Waals surface area contributed by atoms with E-state index in [-0.39, 0.29) is 12.5 Å². The topological polar surface area (TPSA) is 149 Å². The molecule has 0 radical (unpaired) electrons. The van der Waals surface area contributed by atoms with E-state index in [0.717, 1.165) is 89.9 Å². The Labute approximate surface area is 560 Å². The van der Waals surface area contributed by atoms with Crippen LogP contribution in [-0.2, 0) is 14.3 Å². The van der Waals surface area contributed by atoms with Gasteiger partial charge in [-0.15, -0.1) is 0 Å². The summed E-state index contributed by atoms with van der Waals surface area (Å²) < 4.78 is 11.3. The highest BCUT2D eigenvalue weighted by molar-refractivity contribution is 5.76. The number of nitrogens with one attached hydrogen (secondary N) is 1. The van der Waals surface area contributed by atoms with Gasteiger partial charge in [0, 0.05) is 6.42 Å². The van der Waals surface area contributed by atoms with Crippen LogP contribution in [0.25, 0.3) is 0 Å². The molecule has 0 bridgehead atoms. The van der Waals surface area contributed by atoms with Gasteiger partial charge in [-0.2, -0.15) is 0 Å². The third-order valence-electron chi connectivity index (χ3n) is 17.5. The van der Waals surface area contributed by atoms with E-state index in [4.69, 9.17) is 9.47 Å². The minimum atomic E-state index is -1.58. The SMILES string of the molecule is CC/C=C\C/C=C\C/C=C\C/C=C\C/C=C\C/C=C\C/C=C\CCCCCCCCCCCCCCCCCCCC(=O)NC(COC1OC(CO)C(O)C(O)C1O)C(O)/C=C/CC/C=C/CC/C=C/CCCCCCCCCCCCCCCCCCCCC. The lowest BCUT2D eigenvalue weighted by molar-refractivity contribution is -0.302. The Balaban J connectivity index is 2.12. The second-order valence-electron chi connectivity index (χ2n) is 26.0. The molecule has 0 saturated carbocycles. The summed E-state index contributed by atoms with van der Waals surface area (Å²) in [5.41, 5.74) is 0. The smallest absolute Gasteiger partial charge is 0.220 e. The predicted octanol–water partition coefficient (Wildman–Crippen LogP) is 21.8. The van der Waals surface area contributed by atoms with Gasteiger partial charge in [0.25, 0.3) is 0 Å². The molecule has 0 spiro atoms. The molecule has 524 valence electrons. The molecule has 0 aliphatic carbocycles. The summed E-state index contributed by atoms with van der Waals surface area (Å²) in [6.07, 6.45) is 97.6. The molecule has 1 aliphatic rings. The molecule has 0 aromatic heterocycles. The van der Waals surface area contributed by atoms with E-state index in [1.54, 1.807) is 6.08 Å². The Morgan fingerprint density at radius 3 is 1.05 bits per heavy atom. The van der Waals surface area contributed by atoms with E-state index in [1.165, 1.54) is 225 Å². The van der Waals surface area contributed by atoms with E-state index in [2.05, 4.69) is 129 Å². The van der Waals surface area contributed by atoms with Gasteiger partial charge in [-0.3, -0.25) is 4.79 Å². The van der Waals surface area contributed by atoms with Gasteiger partial charge in [-0.25, -0.2) is 0 Å². The van der Waals surface area contributed by atoms with Crippen molar-refractivity contribution in [3.05, 3.63) is 122 Å². The molecule has 0 aromatic rings. The number of aliphatic hydroxyl groups excluding tert-OH is 5. The van der Waals surface area contributed by atoms with Crippen LogP contribution in [0.1, 0.15) is 335 Å². The standard InChI is InChI=1S/C82H143NO8/c1-3-5-7-9-11-13-15-17-19-21-23-25-27-29-31-33-34-35-36-37-38-39-40-41-42-44-46-48-50-52-54-56-58-60-62-64-66-68-70-72-78(86)83-75(74-90-82-81(89)80(88)79(87)77(73-84)91-82)76(85)71-69-67-65-63-61-59-57-55-53-51-49-47-45-43-32-30-28-26-24-22-20-18-16-14-12-10-8-6-4-2/h5,7,11,13,17,19,23,25,29,31,34-35,37-38,53,55,61,63,69,71,75-77,79-82,84-85,87-89H,3-4,6,8-10,12,14-16,18,20-22,24,26-28,30,32-33,36,39-52,54,56-60,62,64-68,70,72-74H2,1-2H3,(H,83,86)/b7-5-,13-11-,19-17-,25-23-,31-29-,35-34-,38-37-,55-53+,63-61+,71-69+. The minimum absolute atomic E-state index is 0.190. The van der Waals surface area contributed by atoms with E-state index >= 15 is 0 Å². The van der Waals surface area contributed by atoms with E-state index in [9.17, 15) is 30.3 Å². The second-order valence-corrected chi connectivity index (χ2v) is 26.0. The Morgan fingerprint density at radius 1 is 0.385 bits per heavy atom. The number of carbonyl (C=O) groups is 1. The van der Waals surface area contributed by atoms with Crippen LogP contribution in [0.4, 0.5) is 0 Å². The van der Waals surface area contributed by atoms with Crippen LogP contribution in [0.2, 0.25) is 0 Å². The van der Waals surface area contributed by atoms with Gasteiger partial charge < -0.3 is 40.3 Å². The van der Waals surface area contributed by atoms with Crippen LogP contribution >= 0.6 is 0 Å². The van der Waals surface area contributed by atoms with Gasteiger partial charge >= 0.3 is 0 Å². The molecule has 7 unspecified atom stereocenters. The average Bonchev–Trinajstić information content (AvgIpc) is 1.33. The highest BCUT2D eigenvalue weighted by Gasteiger charge is 2.44. The lowest BCUT2D eigenvalue weighted by Crippen LogP contribution is -2.60. The highest BCUT2D eigenvalue weighted by Crippen LogP contribution is 2.23. The van der Waals surface area contributed by atoms with E-state index < -0.39 is 49.5 Å². The first-order valence-electron chi connectivity index (χ1n) is 38.3. The Hall–Kier alpha value is -3.41. The van der Waals surface area contributed by atoms with Crippen LogP contribution in [0, 0.1) is 0 Å². The number of aliphatic hydroxyl groups is 5. The van der Waals surface area contributed by atoms with E-state index in [0.29, 0.717) is 6.42 Å². The molecule has 1 heterocycles. The number of rotatable bonds is 66. The number of hydrogen-bond donors (Lipinski definition) is 6. The summed E-state index contributed by atoms with van der Waals surface area (Å²) >= 11 is 0. The third kappa shape index (κ3) is 57.7. The fourth-order valence-corrected chi connectivity index (χ4v) is 11.6. The number of unbranched alkanes of at least 4 members (excludes halogenated alkanes) is 38. The number of carbonyl (C=O) groups excluding carboxylic acids is 1. The number of allylic oxidation sites excluding steroid dienone is 19. The fourth-order valence-electron chi connectivity index (χ4n) is 11.6. The van der Waals surface area contributed by atoms with Gasteiger partial charge in [0.15, 0.2) is 6.29 Å². The van der Waals surface area contributed by atoms with Crippen molar-refractivity contribution in [3.63, 3.8) is 0 Å². The zero-order valence-corrected chi connectivity index (χ0v) is 58.8. The van der Waals surface area contributed by atoms with Crippen molar-refractivity contribution >= 4 is 5.91 Å². The minimum Gasteiger partial charge on any atom is -0.394 e. The summed E-state index contributed by atoms with van der Waals surface area (Å²) in [5, 5.41) is 54.8. The van der Waals surface area contributed by atoms with Crippen molar-refractivity contribution < 1.29 is 39.8 Å². The summed E-state index contributed by atoms with van der Waals surface area (Å²) in [6, 6.07) is -0.836. The van der Waals surface area contributed by atoms with Gasteiger partial charge in [-0.1, -0.05) is 347 Å². The second kappa shape index (κ2) is 69.4. The Morgan fingerprint density at radius 2 is 0.692 bits per heavy atom. The van der Waals surface area contributed by atoms with Gasteiger partial charge in [0.05, 0.1) is 25.4 Å².